The Bertz CT molecular complexity index is 928. The van der Waals surface area contributed by atoms with Gasteiger partial charge in [-0.1, -0.05) is 24.8 Å². The van der Waals surface area contributed by atoms with Crippen LogP contribution in [0.15, 0.2) is 35.6 Å². The van der Waals surface area contributed by atoms with E-state index < -0.39 is 11.2 Å². The minimum absolute atomic E-state index is 0.400. The molecule has 0 aliphatic carbocycles. The summed E-state index contributed by atoms with van der Waals surface area (Å²) in [7, 11) is 1.59. The summed E-state index contributed by atoms with van der Waals surface area (Å²) in [5.74, 6) is 0.400. The summed E-state index contributed by atoms with van der Waals surface area (Å²) in [5, 5.41) is 0.822. The summed E-state index contributed by atoms with van der Waals surface area (Å²) in [4.78, 5) is 13.6. The minimum atomic E-state index is -1.23. The van der Waals surface area contributed by atoms with E-state index in [9.17, 15) is 4.55 Å². The number of methoxy groups -OCH3 is 1. The second kappa shape index (κ2) is 8.13. The fraction of sp³-hybridized carbons (Fsp3) is 0.278. The molecule has 0 amide bonds. The Labute approximate surface area is 159 Å². The molecule has 2 N–H and O–H groups in total. The molecule has 136 valence electrons. The lowest BCUT2D eigenvalue weighted by Crippen LogP contribution is -2.11. The van der Waals surface area contributed by atoms with Crippen molar-refractivity contribution in [2.75, 3.05) is 25.2 Å². The van der Waals surface area contributed by atoms with Crippen molar-refractivity contribution in [3.8, 4) is 11.3 Å². The fourth-order valence-electron chi connectivity index (χ4n) is 2.57. The van der Waals surface area contributed by atoms with Gasteiger partial charge in [-0.15, -0.1) is 0 Å². The molecule has 0 saturated heterocycles. The van der Waals surface area contributed by atoms with Crippen molar-refractivity contribution >= 4 is 44.0 Å². The van der Waals surface area contributed by atoms with Crippen molar-refractivity contribution in [2.24, 2.45) is 0 Å². The lowest BCUT2D eigenvalue weighted by molar-refractivity contribution is 0.217. The van der Waals surface area contributed by atoms with Crippen LogP contribution in [-0.4, -0.2) is 39.0 Å². The van der Waals surface area contributed by atoms with Gasteiger partial charge in [0.05, 0.1) is 12.3 Å². The topological polar surface area (TPSA) is 97.0 Å². The van der Waals surface area contributed by atoms with Crippen LogP contribution >= 0.6 is 11.3 Å². The van der Waals surface area contributed by atoms with Gasteiger partial charge in [-0.2, -0.15) is 0 Å². The van der Waals surface area contributed by atoms with Crippen LogP contribution < -0.4 is 5.73 Å². The number of rotatable bonds is 7. The number of aromatic nitrogens is 3. The zero-order chi connectivity index (χ0) is 18.7. The van der Waals surface area contributed by atoms with Crippen LogP contribution in [0.1, 0.15) is 18.9 Å². The van der Waals surface area contributed by atoms with Crippen LogP contribution in [-0.2, 0) is 15.9 Å². The molecule has 0 spiro atoms. The molecule has 0 aliphatic heterocycles. The average Bonchev–Trinajstić information content (AvgIpc) is 3.02. The van der Waals surface area contributed by atoms with E-state index in [-0.39, 0.29) is 0 Å². The Morgan fingerprint density at radius 1 is 1.38 bits per heavy atom. The molecule has 26 heavy (non-hydrogen) atoms. The number of nitrogens with zero attached hydrogens (tertiary/aromatic N) is 3. The first-order chi connectivity index (χ1) is 12.6. The van der Waals surface area contributed by atoms with E-state index in [1.54, 1.807) is 19.5 Å². The van der Waals surface area contributed by atoms with Crippen molar-refractivity contribution in [3.63, 3.8) is 0 Å². The van der Waals surface area contributed by atoms with Gasteiger partial charge in [0.15, 0.2) is 0 Å². The van der Waals surface area contributed by atoms with E-state index in [2.05, 4.69) is 16.5 Å². The van der Waals surface area contributed by atoms with Gasteiger partial charge in [0.2, 0.25) is 4.21 Å². The molecule has 0 bridgehead atoms. The zero-order valence-corrected chi connectivity index (χ0v) is 16.3. The lowest BCUT2D eigenvalue weighted by atomic mass is 10.0. The SMILES string of the molecule is C=C(CC)c1cc(-c2cncnc2)nc2sc([S+]([O-])CCOC)c(N)c12. The molecular formula is C18H20N4O2S2. The third-order valence-electron chi connectivity index (χ3n) is 4.01. The molecule has 8 heteroatoms. The Hall–Kier alpha value is -2.00. The predicted octanol–water partition coefficient (Wildman–Crippen LogP) is 3.51. The van der Waals surface area contributed by atoms with E-state index in [0.717, 1.165) is 39.0 Å². The molecular weight excluding hydrogens is 368 g/mol. The molecule has 3 aromatic heterocycles. The van der Waals surface area contributed by atoms with Gasteiger partial charge in [0, 0.05) is 41.6 Å². The number of anilines is 1. The molecule has 0 aliphatic rings. The van der Waals surface area contributed by atoms with Gasteiger partial charge in [0.25, 0.3) is 0 Å². The quantitative estimate of drug-likeness (QED) is 0.622. The maximum atomic E-state index is 12.6. The predicted molar refractivity (Wildman–Crippen MR) is 108 cm³/mol. The molecule has 0 saturated carbocycles. The van der Waals surface area contributed by atoms with Gasteiger partial charge >= 0.3 is 0 Å². The van der Waals surface area contributed by atoms with Crippen LogP contribution in [0.25, 0.3) is 27.0 Å². The number of nitrogens with two attached hydrogens (primary N) is 1. The number of nitrogen functional groups attached to an aromatic ring is 1. The molecule has 6 nitrogen and oxygen atoms in total. The van der Waals surface area contributed by atoms with Gasteiger partial charge < -0.3 is 15.0 Å². The summed E-state index contributed by atoms with van der Waals surface area (Å²) >= 11 is 0.132. The molecule has 1 atom stereocenters. The molecule has 3 aromatic rings. The van der Waals surface area contributed by atoms with Gasteiger partial charge in [-0.05, 0) is 23.6 Å². The Kier molecular flexibility index (Phi) is 5.87. The van der Waals surface area contributed by atoms with Gasteiger partial charge in [0.1, 0.15) is 22.6 Å². The van der Waals surface area contributed by atoms with Crippen LogP contribution in [0.3, 0.4) is 0 Å². The Morgan fingerprint density at radius 3 is 2.77 bits per heavy atom. The molecule has 0 radical (unpaired) electrons. The van der Waals surface area contributed by atoms with E-state index in [1.165, 1.54) is 17.7 Å². The molecule has 0 aromatic carbocycles. The van der Waals surface area contributed by atoms with Crippen molar-refractivity contribution in [2.45, 2.75) is 17.6 Å². The highest BCUT2D eigenvalue weighted by atomic mass is 32.2. The van der Waals surface area contributed by atoms with Crippen molar-refractivity contribution in [3.05, 3.63) is 36.9 Å². The largest absolute Gasteiger partial charge is 0.611 e. The maximum Gasteiger partial charge on any atom is 0.232 e. The van der Waals surface area contributed by atoms with Crippen LogP contribution in [0.2, 0.25) is 0 Å². The number of fused-ring (bicyclic) bond motifs is 1. The van der Waals surface area contributed by atoms with Crippen LogP contribution in [0.5, 0.6) is 0 Å². The van der Waals surface area contributed by atoms with Crippen molar-refractivity contribution in [1.82, 2.24) is 15.0 Å². The zero-order valence-electron chi connectivity index (χ0n) is 14.7. The normalized spacial score (nSPS) is 12.4. The highest BCUT2D eigenvalue weighted by molar-refractivity contribution is 7.93. The third-order valence-corrected chi connectivity index (χ3v) is 6.88. The first-order valence-corrected chi connectivity index (χ1v) is 10.2. The highest BCUT2D eigenvalue weighted by Gasteiger charge is 2.24. The van der Waals surface area contributed by atoms with Crippen LogP contribution in [0.4, 0.5) is 5.69 Å². The van der Waals surface area contributed by atoms with E-state index in [4.69, 9.17) is 15.5 Å². The van der Waals surface area contributed by atoms with Gasteiger partial charge in [-0.25, -0.2) is 15.0 Å². The monoisotopic (exact) mass is 388 g/mol. The fourth-order valence-corrected chi connectivity index (χ4v) is 5.13. The van der Waals surface area contributed by atoms with E-state index in [0.29, 0.717) is 22.3 Å². The highest BCUT2D eigenvalue weighted by Crippen LogP contribution is 2.42. The van der Waals surface area contributed by atoms with E-state index in [1.807, 2.05) is 13.0 Å². The molecule has 1 unspecified atom stereocenters. The summed E-state index contributed by atoms with van der Waals surface area (Å²) in [6.45, 7) is 6.62. The van der Waals surface area contributed by atoms with Crippen LogP contribution in [0, 0.1) is 0 Å². The smallest absolute Gasteiger partial charge is 0.232 e. The van der Waals surface area contributed by atoms with Crippen molar-refractivity contribution in [1.29, 1.82) is 0 Å². The minimum Gasteiger partial charge on any atom is -0.611 e. The third kappa shape index (κ3) is 3.59. The first-order valence-electron chi connectivity index (χ1n) is 8.10. The molecule has 0 fully saturated rings. The first kappa shape index (κ1) is 18.8. The number of ether oxygens (including phenoxy) is 1. The number of hydrogen-bond donors (Lipinski definition) is 1. The lowest BCUT2D eigenvalue weighted by Gasteiger charge is -2.10. The number of allylic oxidation sites excluding steroid dienone is 1. The number of thiophene rings is 1. The molecule has 3 rings (SSSR count). The number of hydrogen-bond acceptors (Lipinski definition) is 7. The van der Waals surface area contributed by atoms with E-state index >= 15 is 0 Å². The Morgan fingerprint density at radius 2 is 2.12 bits per heavy atom. The maximum absolute atomic E-state index is 12.6. The second-order valence-electron chi connectivity index (χ2n) is 5.67. The summed E-state index contributed by atoms with van der Waals surface area (Å²) in [6, 6.07) is 1.96. The summed E-state index contributed by atoms with van der Waals surface area (Å²) in [6.07, 6.45) is 5.69. The summed E-state index contributed by atoms with van der Waals surface area (Å²) < 4.78 is 18.3. The number of pyridine rings is 1. The summed E-state index contributed by atoms with van der Waals surface area (Å²) in [5.41, 5.74) is 10.3. The second-order valence-corrected chi connectivity index (χ2v) is 8.43. The Balaban J connectivity index is 2.19. The average molecular weight is 389 g/mol. The standard InChI is InChI=1S/C18H20N4O2S2/c1-4-11(2)13-7-14(12-8-20-10-21-9-12)22-17-15(13)16(19)18(25-17)26(23)6-5-24-3/h7-10H,2,4-6,19H2,1,3H3. The molecule has 3 heterocycles. The van der Waals surface area contributed by atoms with Crippen molar-refractivity contribution < 1.29 is 9.29 Å². The van der Waals surface area contributed by atoms with Gasteiger partial charge in [-0.3, -0.25) is 0 Å².